The van der Waals surface area contributed by atoms with Gasteiger partial charge in [-0.3, -0.25) is 0 Å². The third kappa shape index (κ3) is 1.76. The molecule has 1 rings (SSSR count). The summed E-state index contributed by atoms with van der Waals surface area (Å²) in [6.07, 6.45) is -1.81. The van der Waals surface area contributed by atoms with Gasteiger partial charge < -0.3 is 5.11 Å². The number of aliphatic hydroxyl groups is 1. The largest absolute Gasteiger partial charge is 0.384 e. The zero-order chi connectivity index (χ0) is 8.70. The second-order valence-electron chi connectivity index (χ2n) is 2.78. The molecule has 0 aromatic rings. The van der Waals surface area contributed by atoms with Gasteiger partial charge in [0.15, 0.2) is 6.10 Å². The molecule has 66 valence electrons. The minimum Gasteiger partial charge on any atom is -0.384 e. The number of halogens is 4. The molecule has 1 N–H and O–H groups in total. The Balaban J connectivity index is 2.76. The molecule has 0 radical (unpaired) electrons. The molecule has 0 bridgehead atoms. The minimum absolute atomic E-state index is 0.215. The van der Waals surface area contributed by atoms with Crippen LogP contribution in [0.15, 0.2) is 0 Å². The summed E-state index contributed by atoms with van der Waals surface area (Å²) < 4.78 is 23.7. The van der Waals surface area contributed by atoms with Crippen molar-refractivity contribution in [3.05, 3.63) is 0 Å². The average Bonchev–Trinajstić information content (AvgIpc) is 1.82. The summed E-state index contributed by atoms with van der Waals surface area (Å²) >= 11 is 10.9. The van der Waals surface area contributed by atoms with Crippen molar-refractivity contribution < 1.29 is 13.9 Å². The molecular weight excluding hydrogens is 197 g/mol. The van der Waals surface area contributed by atoms with Gasteiger partial charge in [-0.2, -0.15) is 0 Å². The van der Waals surface area contributed by atoms with Gasteiger partial charge in [0.1, 0.15) is 4.33 Å². The van der Waals surface area contributed by atoms with Gasteiger partial charge in [-0.15, -0.1) is 0 Å². The molecule has 0 aromatic carbocycles. The lowest BCUT2D eigenvalue weighted by molar-refractivity contribution is -0.134. The molecule has 0 spiro atoms. The van der Waals surface area contributed by atoms with Gasteiger partial charge in [-0.05, 0) is 12.8 Å². The fourth-order valence-corrected chi connectivity index (χ4v) is 1.73. The third-order valence-electron chi connectivity index (χ3n) is 1.82. The first-order chi connectivity index (χ1) is 4.86. The van der Waals surface area contributed by atoms with Crippen LogP contribution in [-0.4, -0.2) is 21.5 Å². The Morgan fingerprint density at radius 3 is 2.18 bits per heavy atom. The highest BCUT2D eigenvalue weighted by Gasteiger charge is 2.53. The number of alkyl halides is 4. The Hall–Kier alpha value is 0.400. The van der Waals surface area contributed by atoms with Gasteiger partial charge in [-0.1, -0.05) is 23.2 Å². The van der Waals surface area contributed by atoms with E-state index in [1.807, 2.05) is 0 Å². The minimum atomic E-state index is -3.14. The lowest BCUT2D eigenvalue weighted by Crippen LogP contribution is -2.49. The lowest BCUT2D eigenvalue weighted by atomic mass is 9.93. The van der Waals surface area contributed by atoms with Crippen molar-refractivity contribution in [1.82, 2.24) is 0 Å². The van der Waals surface area contributed by atoms with E-state index in [1.165, 1.54) is 0 Å². The van der Waals surface area contributed by atoms with Crippen LogP contribution in [0.4, 0.5) is 8.78 Å². The van der Waals surface area contributed by atoms with Crippen molar-refractivity contribution in [3.63, 3.8) is 0 Å². The summed E-state index contributed by atoms with van der Waals surface area (Å²) in [6, 6.07) is 0. The summed E-state index contributed by atoms with van der Waals surface area (Å²) in [5.41, 5.74) is 0. The molecule has 0 aliphatic heterocycles. The number of hydrogen-bond donors (Lipinski definition) is 1. The Labute approximate surface area is 73.3 Å². The van der Waals surface area contributed by atoms with E-state index in [9.17, 15) is 8.78 Å². The van der Waals surface area contributed by atoms with Crippen LogP contribution in [-0.2, 0) is 0 Å². The number of aliphatic hydroxyl groups excluding tert-OH is 1. The van der Waals surface area contributed by atoms with Crippen molar-refractivity contribution in [2.24, 2.45) is 0 Å². The molecule has 0 aromatic heterocycles. The summed E-state index contributed by atoms with van der Waals surface area (Å²) in [5.74, 6) is -3.14. The Morgan fingerprint density at radius 2 is 1.82 bits per heavy atom. The molecule has 5 heteroatoms. The van der Waals surface area contributed by atoms with E-state index in [1.54, 1.807) is 0 Å². The molecule has 1 aliphatic carbocycles. The summed E-state index contributed by atoms with van der Waals surface area (Å²) in [7, 11) is 0. The van der Waals surface area contributed by atoms with Gasteiger partial charge in [0.25, 0.3) is 5.92 Å². The highest BCUT2D eigenvalue weighted by Crippen LogP contribution is 2.45. The normalized spacial score (nSPS) is 35.2. The quantitative estimate of drug-likeness (QED) is 0.601. The molecule has 0 heterocycles. The summed E-state index contributed by atoms with van der Waals surface area (Å²) in [4.78, 5) is 0. The molecule has 0 saturated heterocycles. The van der Waals surface area contributed by atoms with Crippen molar-refractivity contribution in [1.29, 1.82) is 0 Å². The molecule has 1 atom stereocenters. The fourth-order valence-electron chi connectivity index (χ4n) is 1.14. The van der Waals surface area contributed by atoms with Crippen molar-refractivity contribution in [2.75, 3.05) is 0 Å². The van der Waals surface area contributed by atoms with Crippen LogP contribution in [0, 0.1) is 0 Å². The maximum atomic E-state index is 12.7. The van der Waals surface area contributed by atoms with Gasteiger partial charge in [-0.25, -0.2) is 8.78 Å². The van der Waals surface area contributed by atoms with E-state index < -0.39 is 16.4 Å². The average molecular weight is 205 g/mol. The highest BCUT2D eigenvalue weighted by molar-refractivity contribution is 6.49. The second-order valence-corrected chi connectivity index (χ2v) is 4.32. The molecule has 1 fully saturated rings. The van der Waals surface area contributed by atoms with E-state index in [0.717, 1.165) is 0 Å². The predicted octanol–water partition coefficient (Wildman–Crippen LogP) is 2.34. The third-order valence-corrected chi connectivity index (χ3v) is 2.61. The van der Waals surface area contributed by atoms with Crippen molar-refractivity contribution in [2.45, 2.75) is 35.6 Å². The van der Waals surface area contributed by atoms with Crippen LogP contribution in [0.3, 0.4) is 0 Å². The molecular formula is C6H8Cl2F2O. The maximum absolute atomic E-state index is 12.7. The zero-order valence-corrected chi connectivity index (χ0v) is 7.17. The molecule has 11 heavy (non-hydrogen) atoms. The zero-order valence-electron chi connectivity index (χ0n) is 5.66. The van der Waals surface area contributed by atoms with Crippen LogP contribution in [0.1, 0.15) is 19.3 Å². The van der Waals surface area contributed by atoms with E-state index in [4.69, 9.17) is 28.3 Å². The van der Waals surface area contributed by atoms with E-state index in [-0.39, 0.29) is 19.3 Å². The fraction of sp³-hybridized carbons (Fsp3) is 1.00. The van der Waals surface area contributed by atoms with Crippen LogP contribution in [0.25, 0.3) is 0 Å². The Bertz CT molecular complexity index is 145. The van der Waals surface area contributed by atoms with Crippen LogP contribution < -0.4 is 0 Å². The standard InChI is InChI=1S/C6H8Cl2F2O/c7-5(8)2-1-3-6(9,10)4(5)11/h4,11H,1-3H2. The SMILES string of the molecule is OC1C(F)(F)CCCC1(Cl)Cl. The molecule has 1 saturated carbocycles. The Morgan fingerprint density at radius 1 is 1.27 bits per heavy atom. The monoisotopic (exact) mass is 204 g/mol. The summed E-state index contributed by atoms with van der Waals surface area (Å²) in [5, 5.41) is 8.95. The Kier molecular flexibility index (Phi) is 2.34. The lowest BCUT2D eigenvalue weighted by Gasteiger charge is -2.36. The number of hydrogen-bond acceptors (Lipinski definition) is 1. The van der Waals surface area contributed by atoms with Crippen LogP contribution in [0.2, 0.25) is 0 Å². The molecule has 0 amide bonds. The van der Waals surface area contributed by atoms with E-state index in [0.29, 0.717) is 0 Å². The van der Waals surface area contributed by atoms with Crippen LogP contribution in [0.5, 0.6) is 0 Å². The maximum Gasteiger partial charge on any atom is 0.276 e. The first-order valence-corrected chi connectivity index (χ1v) is 4.05. The molecule has 1 aliphatic rings. The van der Waals surface area contributed by atoms with Gasteiger partial charge in [0.05, 0.1) is 0 Å². The first kappa shape index (κ1) is 9.49. The predicted molar refractivity (Wildman–Crippen MR) is 39.2 cm³/mol. The summed E-state index contributed by atoms with van der Waals surface area (Å²) in [6.45, 7) is 0. The van der Waals surface area contributed by atoms with E-state index >= 15 is 0 Å². The molecule has 1 unspecified atom stereocenters. The highest BCUT2D eigenvalue weighted by atomic mass is 35.5. The van der Waals surface area contributed by atoms with Gasteiger partial charge >= 0.3 is 0 Å². The van der Waals surface area contributed by atoms with Crippen LogP contribution >= 0.6 is 23.2 Å². The second kappa shape index (κ2) is 2.71. The van der Waals surface area contributed by atoms with Crippen molar-refractivity contribution >= 4 is 23.2 Å². The van der Waals surface area contributed by atoms with Gasteiger partial charge in [0, 0.05) is 6.42 Å². The smallest absolute Gasteiger partial charge is 0.276 e. The first-order valence-electron chi connectivity index (χ1n) is 3.30. The van der Waals surface area contributed by atoms with Gasteiger partial charge in [0.2, 0.25) is 0 Å². The van der Waals surface area contributed by atoms with E-state index in [2.05, 4.69) is 0 Å². The topological polar surface area (TPSA) is 20.2 Å². The number of rotatable bonds is 0. The van der Waals surface area contributed by atoms with Crippen molar-refractivity contribution in [3.8, 4) is 0 Å². The molecule has 1 nitrogen and oxygen atoms in total.